The van der Waals surface area contributed by atoms with Crippen molar-refractivity contribution in [2.45, 2.75) is 51.6 Å². The van der Waals surface area contributed by atoms with Gasteiger partial charge in [-0.25, -0.2) is 4.98 Å². The lowest BCUT2D eigenvalue weighted by Gasteiger charge is -2.35. The Kier molecular flexibility index (Phi) is 4.42. The number of hydrogen-bond donors (Lipinski definition) is 1. The monoisotopic (exact) mass is 295 g/mol. The fourth-order valence-electron chi connectivity index (χ4n) is 2.53. The van der Waals surface area contributed by atoms with E-state index >= 15 is 0 Å². The molecule has 20 heavy (non-hydrogen) atoms. The Bertz CT molecular complexity index is 489. The highest BCUT2D eigenvalue weighted by Gasteiger charge is 2.41. The van der Waals surface area contributed by atoms with Crippen molar-refractivity contribution in [3.8, 4) is 0 Å². The lowest BCUT2D eigenvalue weighted by atomic mass is 9.96. The maximum Gasteiger partial charge on any atom is 0.248 e. The van der Waals surface area contributed by atoms with E-state index in [2.05, 4.69) is 10.3 Å². The van der Waals surface area contributed by atoms with Crippen molar-refractivity contribution in [3.05, 3.63) is 16.6 Å². The summed E-state index contributed by atoms with van der Waals surface area (Å²) < 4.78 is 0. The molecule has 0 aromatic carbocycles. The molecule has 1 fully saturated rings. The number of amides is 2. The molecule has 5 nitrogen and oxygen atoms in total. The van der Waals surface area contributed by atoms with Crippen LogP contribution in [-0.4, -0.2) is 33.8 Å². The van der Waals surface area contributed by atoms with E-state index in [1.54, 1.807) is 24.5 Å². The van der Waals surface area contributed by atoms with Crippen LogP contribution in [0.2, 0.25) is 0 Å². The third-order valence-corrected chi connectivity index (χ3v) is 4.81. The molecule has 2 amide bonds. The molecule has 0 radical (unpaired) electrons. The Hall–Kier alpha value is -1.43. The van der Waals surface area contributed by atoms with E-state index in [0.717, 1.165) is 11.4 Å². The largest absolute Gasteiger partial charge is 0.342 e. The molecule has 1 aliphatic rings. The van der Waals surface area contributed by atoms with Crippen molar-refractivity contribution >= 4 is 23.2 Å². The summed E-state index contributed by atoms with van der Waals surface area (Å²) in [5.41, 5.74) is -0.807. The predicted octanol–water partition coefficient (Wildman–Crippen LogP) is 2.11. The van der Waals surface area contributed by atoms with Crippen LogP contribution in [-0.2, 0) is 9.59 Å². The summed E-state index contributed by atoms with van der Waals surface area (Å²) in [6.45, 7) is 6.23. The Balaban J connectivity index is 2.33. The number of thiazole rings is 1. The van der Waals surface area contributed by atoms with Gasteiger partial charge in [-0.05, 0) is 19.8 Å². The SMILES string of the molecule is CCC(c1nccs1)N1CCC(=O)NC(C)(CC)C1=O. The van der Waals surface area contributed by atoms with Gasteiger partial charge in [-0.15, -0.1) is 11.3 Å². The van der Waals surface area contributed by atoms with E-state index in [9.17, 15) is 9.59 Å². The van der Waals surface area contributed by atoms with Gasteiger partial charge in [0.15, 0.2) is 0 Å². The lowest BCUT2D eigenvalue weighted by molar-refractivity contribution is -0.140. The van der Waals surface area contributed by atoms with Crippen molar-refractivity contribution in [2.24, 2.45) is 0 Å². The minimum absolute atomic E-state index is 0.00657. The molecule has 0 bridgehead atoms. The van der Waals surface area contributed by atoms with Gasteiger partial charge in [0.25, 0.3) is 0 Å². The second-order valence-electron chi connectivity index (χ2n) is 5.28. The molecule has 0 saturated carbocycles. The maximum absolute atomic E-state index is 12.8. The summed E-state index contributed by atoms with van der Waals surface area (Å²) in [5, 5.41) is 5.72. The van der Waals surface area contributed by atoms with Crippen molar-refractivity contribution < 1.29 is 9.59 Å². The van der Waals surface area contributed by atoms with Crippen LogP contribution in [0.15, 0.2) is 11.6 Å². The van der Waals surface area contributed by atoms with E-state index in [4.69, 9.17) is 0 Å². The highest BCUT2D eigenvalue weighted by molar-refractivity contribution is 7.09. The highest BCUT2D eigenvalue weighted by atomic mass is 32.1. The lowest BCUT2D eigenvalue weighted by Crippen LogP contribution is -2.55. The standard InChI is InChI=1S/C14H21N3O2S/c1-4-10(12-15-7-9-20-12)17-8-6-11(18)16-14(3,5-2)13(17)19/h7,9-10H,4-6,8H2,1-3H3,(H,16,18). The molecule has 2 rings (SSSR count). The Labute approximate surface area is 123 Å². The van der Waals surface area contributed by atoms with Crippen LogP contribution in [0.25, 0.3) is 0 Å². The number of hydrogen-bond acceptors (Lipinski definition) is 4. The molecule has 110 valence electrons. The van der Waals surface area contributed by atoms with Gasteiger partial charge in [0.2, 0.25) is 11.8 Å². The van der Waals surface area contributed by atoms with Crippen molar-refractivity contribution in [1.29, 1.82) is 0 Å². The number of aromatic nitrogens is 1. The summed E-state index contributed by atoms with van der Waals surface area (Å²) in [6, 6.07) is -0.0407. The molecule has 6 heteroatoms. The van der Waals surface area contributed by atoms with E-state index in [-0.39, 0.29) is 17.9 Å². The van der Waals surface area contributed by atoms with Crippen molar-refractivity contribution in [3.63, 3.8) is 0 Å². The average molecular weight is 295 g/mol. The number of nitrogens with one attached hydrogen (secondary N) is 1. The zero-order valence-corrected chi connectivity index (χ0v) is 13.0. The summed E-state index contributed by atoms with van der Waals surface area (Å²) in [6.07, 6.45) is 3.49. The van der Waals surface area contributed by atoms with Crippen LogP contribution >= 0.6 is 11.3 Å². The average Bonchev–Trinajstić information content (AvgIpc) is 2.92. The van der Waals surface area contributed by atoms with Crippen molar-refractivity contribution in [2.75, 3.05) is 6.54 Å². The van der Waals surface area contributed by atoms with E-state index in [0.29, 0.717) is 19.4 Å². The zero-order valence-electron chi connectivity index (χ0n) is 12.2. The van der Waals surface area contributed by atoms with Crippen LogP contribution < -0.4 is 5.32 Å². The zero-order chi connectivity index (χ0) is 14.8. The van der Waals surface area contributed by atoms with Crippen LogP contribution in [0.3, 0.4) is 0 Å². The summed E-state index contributed by atoms with van der Waals surface area (Å²) in [5.74, 6) is -0.0629. The molecule has 0 aliphatic carbocycles. The molecule has 1 aromatic heterocycles. The topological polar surface area (TPSA) is 62.3 Å². The molecule has 1 aromatic rings. The number of carbonyl (C=O) groups is 2. The van der Waals surface area contributed by atoms with Crippen molar-refractivity contribution in [1.82, 2.24) is 15.2 Å². The highest BCUT2D eigenvalue weighted by Crippen LogP contribution is 2.30. The van der Waals surface area contributed by atoms with Crippen LogP contribution in [0.4, 0.5) is 0 Å². The molecule has 1 aliphatic heterocycles. The van der Waals surface area contributed by atoms with Crippen LogP contribution in [0, 0.1) is 0 Å². The van der Waals surface area contributed by atoms with Gasteiger partial charge in [0, 0.05) is 24.5 Å². The fourth-order valence-corrected chi connectivity index (χ4v) is 3.36. The first-order valence-corrected chi connectivity index (χ1v) is 7.91. The molecule has 1 N–H and O–H groups in total. The van der Waals surface area contributed by atoms with Crippen LogP contribution in [0.1, 0.15) is 51.1 Å². The summed E-state index contributed by atoms with van der Waals surface area (Å²) in [7, 11) is 0. The van der Waals surface area contributed by atoms with Gasteiger partial charge in [-0.2, -0.15) is 0 Å². The first-order valence-electron chi connectivity index (χ1n) is 7.03. The minimum Gasteiger partial charge on any atom is -0.342 e. The third kappa shape index (κ3) is 2.70. The van der Waals surface area contributed by atoms with E-state index < -0.39 is 5.54 Å². The third-order valence-electron chi connectivity index (χ3n) is 3.93. The molecule has 2 atom stereocenters. The number of rotatable bonds is 4. The smallest absolute Gasteiger partial charge is 0.248 e. The molecule has 2 heterocycles. The predicted molar refractivity (Wildman–Crippen MR) is 78.3 cm³/mol. The van der Waals surface area contributed by atoms with Gasteiger partial charge >= 0.3 is 0 Å². The second-order valence-corrected chi connectivity index (χ2v) is 6.20. The summed E-state index contributed by atoms with van der Waals surface area (Å²) >= 11 is 1.56. The minimum atomic E-state index is -0.807. The first kappa shape index (κ1) is 15.0. The van der Waals surface area contributed by atoms with Gasteiger partial charge in [0.05, 0.1) is 6.04 Å². The van der Waals surface area contributed by atoms with E-state index in [1.165, 1.54) is 0 Å². The maximum atomic E-state index is 12.8. The Morgan fingerprint density at radius 3 is 2.80 bits per heavy atom. The molecular weight excluding hydrogens is 274 g/mol. The number of nitrogens with zero attached hydrogens (tertiary/aromatic N) is 2. The molecule has 0 spiro atoms. The number of carbonyl (C=O) groups excluding carboxylic acids is 2. The molecule has 1 saturated heterocycles. The quantitative estimate of drug-likeness (QED) is 0.925. The molecular formula is C14H21N3O2S. The summed E-state index contributed by atoms with van der Waals surface area (Å²) in [4.78, 5) is 30.8. The first-order chi connectivity index (χ1) is 9.51. The second kappa shape index (κ2) is 5.91. The van der Waals surface area contributed by atoms with Gasteiger partial charge in [0.1, 0.15) is 10.5 Å². The fraction of sp³-hybridized carbons (Fsp3) is 0.643. The van der Waals surface area contributed by atoms with E-state index in [1.807, 2.05) is 24.1 Å². The Morgan fingerprint density at radius 2 is 2.25 bits per heavy atom. The van der Waals surface area contributed by atoms with Gasteiger partial charge in [-0.3, -0.25) is 9.59 Å². The van der Waals surface area contributed by atoms with Gasteiger partial charge < -0.3 is 10.2 Å². The van der Waals surface area contributed by atoms with Crippen LogP contribution in [0.5, 0.6) is 0 Å². The Morgan fingerprint density at radius 1 is 1.50 bits per heavy atom. The van der Waals surface area contributed by atoms with Gasteiger partial charge in [-0.1, -0.05) is 13.8 Å². The molecule has 2 unspecified atom stereocenters. The normalized spacial score (nSPS) is 25.2.